The first-order chi connectivity index (χ1) is 14.3. The van der Waals surface area contributed by atoms with Crippen LogP contribution in [0.5, 0.6) is 5.75 Å². The molecule has 0 aromatic carbocycles. The summed E-state index contributed by atoms with van der Waals surface area (Å²) in [5, 5.41) is 18.7. The monoisotopic (exact) mass is 437 g/mol. The molecule has 0 saturated heterocycles. The van der Waals surface area contributed by atoms with Crippen molar-refractivity contribution in [2.75, 3.05) is 6.61 Å². The van der Waals surface area contributed by atoms with Crippen molar-refractivity contribution in [2.45, 2.75) is 31.2 Å². The second-order valence-electron chi connectivity index (χ2n) is 6.54. The standard InChI is InChI=1S/C17H15BF3N5O3S/c19-17(20,21)8-3-13(29-12-2-1-10-9(12)5-22-7-24-10)15(23-4-8)26-16-25-14(18-30-16)11(28)6-27/h3-5,7,11-12,27-28H,1-2,6H2,(H,23,25,26). The molecule has 4 rings (SSSR count). The average molecular weight is 437 g/mol. The average Bonchev–Trinajstić information content (AvgIpc) is 3.35. The molecule has 8 nitrogen and oxygen atoms in total. The third-order valence-corrected chi connectivity index (χ3v) is 5.32. The number of halogens is 3. The van der Waals surface area contributed by atoms with Gasteiger partial charge in [0.15, 0.2) is 0 Å². The van der Waals surface area contributed by atoms with Gasteiger partial charge in [-0.1, -0.05) is 0 Å². The second-order valence-corrected chi connectivity index (χ2v) is 7.40. The number of aliphatic hydroxyl groups excluding tert-OH is 2. The van der Waals surface area contributed by atoms with E-state index in [-0.39, 0.29) is 16.4 Å². The fraction of sp³-hybridized carbons (Fsp3) is 0.353. The van der Waals surface area contributed by atoms with Gasteiger partial charge >= 0.3 is 172 Å². The Hall–Kier alpha value is -2.64. The van der Waals surface area contributed by atoms with E-state index in [1.54, 1.807) is 12.4 Å². The predicted molar refractivity (Wildman–Crippen MR) is 100 cm³/mol. The fourth-order valence-corrected chi connectivity index (χ4v) is 3.79. The molecule has 3 heterocycles. The number of fused-ring (bicyclic) bond motifs is 1. The topological polar surface area (TPSA) is 117 Å². The molecule has 0 amide bonds. The molecule has 13 heteroatoms. The van der Waals surface area contributed by atoms with Crippen LogP contribution in [0.1, 0.15) is 41.0 Å². The number of hydrogen-bond acceptors (Lipinski definition) is 8. The maximum atomic E-state index is 13.2. The molecule has 0 aliphatic heterocycles. The van der Waals surface area contributed by atoms with Gasteiger partial charge in [0.25, 0.3) is 0 Å². The SMILES string of the molecule is OCC(O)c1bs/c(=N\c2ncc(C(F)(F)F)cc2OC2CCc3ncncc32)[nH]1. The first-order valence-electron chi connectivity index (χ1n) is 8.89. The second kappa shape index (κ2) is 8.24. The van der Waals surface area contributed by atoms with Crippen molar-refractivity contribution in [3.63, 3.8) is 0 Å². The molecule has 156 valence electrons. The number of aromatic nitrogens is 4. The van der Waals surface area contributed by atoms with Gasteiger partial charge < -0.3 is 0 Å². The van der Waals surface area contributed by atoms with Gasteiger partial charge in [-0.25, -0.2) is 0 Å². The Labute approximate surface area is 172 Å². The fourth-order valence-electron chi connectivity index (χ4n) is 3.02. The van der Waals surface area contributed by atoms with Crippen LogP contribution in [0.4, 0.5) is 19.0 Å². The van der Waals surface area contributed by atoms with E-state index in [1.807, 2.05) is 0 Å². The number of aryl methyl sites for hydroxylation is 1. The molecule has 2 atom stereocenters. The molecule has 1 aliphatic rings. The van der Waals surface area contributed by atoms with Crippen molar-refractivity contribution in [3.8, 4) is 5.75 Å². The quantitative estimate of drug-likeness (QED) is 0.562. The normalized spacial score (nSPS) is 17.6. The zero-order chi connectivity index (χ0) is 21.3. The van der Waals surface area contributed by atoms with E-state index in [0.29, 0.717) is 24.6 Å². The summed E-state index contributed by atoms with van der Waals surface area (Å²) in [5.41, 5.74) is 0.891. The summed E-state index contributed by atoms with van der Waals surface area (Å²) in [7, 11) is 0. The van der Waals surface area contributed by atoms with E-state index in [9.17, 15) is 18.3 Å². The maximum absolute atomic E-state index is 13.2. The van der Waals surface area contributed by atoms with Crippen LogP contribution in [0, 0.1) is 0 Å². The van der Waals surface area contributed by atoms with Crippen LogP contribution in [0.2, 0.25) is 0 Å². The van der Waals surface area contributed by atoms with Gasteiger partial charge in [-0.2, -0.15) is 0 Å². The molecule has 0 spiro atoms. The zero-order valence-corrected chi connectivity index (χ0v) is 16.1. The van der Waals surface area contributed by atoms with Gasteiger partial charge in [0.1, 0.15) is 0 Å². The minimum atomic E-state index is -4.59. The molecule has 3 aromatic heterocycles. The summed E-state index contributed by atoms with van der Waals surface area (Å²) in [6.07, 6.45) is 0.198. The number of pyridine rings is 1. The summed E-state index contributed by atoms with van der Waals surface area (Å²) in [6.45, 7) is -0.483. The Bertz CT molecular complexity index is 1120. The van der Waals surface area contributed by atoms with Crippen molar-refractivity contribution >= 4 is 23.2 Å². The number of nitrogens with one attached hydrogen (secondary N) is 1. The Morgan fingerprint density at radius 1 is 1.37 bits per heavy atom. The number of ether oxygens (including phenoxy) is 1. The van der Waals surface area contributed by atoms with E-state index in [0.717, 1.165) is 28.5 Å². The summed E-state index contributed by atoms with van der Waals surface area (Å²) in [6, 6.07) is 0.866. The Kier molecular flexibility index (Phi) is 5.67. The third-order valence-electron chi connectivity index (χ3n) is 4.53. The number of aromatic amines is 1. The molecule has 3 aromatic rings. The van der Waals surface area contributed by atoms with E-state index in [4.69, 9.17) is 9.84 Å². The first-order valence-corrected chi connectivity index (χ1v) is 9.77. The van der Waals surface area contributed by atoms with E-state index < -0.39 is 30.6 Å². The van der Waals surface area contributed by atoms with Crippen LogP contribution in [-0.4, -0.2) is 42.9 Å². The van der Waals surface area contributed by atoms with Crippen molar-refractivity contribution < 1.29 is 28.1 Å². The van der Waals surface area contributed by atoms with Crippen LogP contribution in [0.3, 0.4) is 0 Å². The minimum absolute atomic E-state index is 0.0450. The van der Waals surface area contributed by atoms with Crippen LogP contribution >= 0.6 is 11.2 Å². The van der Waals surface area contributed by atoms with Crippen LogP contribution in [0.25, 0.3) is 0 Å². The molecular weight excluding hydrogens is 422 g/mol. The van der Waals surface area contributed by atoms with E-state index in [1.165, 1.54) is 6.33 Å². The molecule has 0 radical (unpaired) electrons. The Morgan fingerprint density at radius 3 is 2.97 bits per heavy atom. The number of aliphatic hydroxyl groups is 2. The molecule has 1 aliphatic carbocycles. The van der Waals surface area contributed by atoms with Gasteiger partial charge in [-0.15, -0.1) is 0 Å². The van der Waals surface area contributed by atoms with Gasteiger partial charge in [-0.05, 0) is 0 Å². The molecule has 3 N–H and O–H groups in total. The van der Waals surface area contributed by atoms with Crippen molar-refractivity contribution in [2.24, 2.45) is 4.99 Å². The number of hydrogen-bond donors (Lipinski definition) is 3. The van der Waals surface area contributed by atoms with Gasteiger partial charge in [0.2, 0.25) is 0 Å². The van der Waals surface area contributed by atoms with E-state index in [2.05, 4.69) is 24.9 Å². The Morgan fingerprint density at radius 2 is 2.20 bits per heavy atom. The molecule has 0 saturated carbocycles. The zero-order valence-electron chi connectivity index (χ0n) is 15.3. The number of H-pyrrole nitrogens is 1. The summed E-state index contributed by atoms with van der Waals surface area (Å²) < 4.78 is 45.5. The molecule has 0 fully saturated rings. The van der Waals surface area contributed by atoms with Crippen molar-refractivity contribution in [3.05, 3.63) is 52.0 Å². The molecule has 30 heavy (non-hydrogen) atoms. The van der Waals surface area contributed by atoms with Crippen molar-refractivity contribution in [1.29, 1.82) is 0 Å². The summed E-state index contributed by atoms with van der Waals surface area (Å²) in [4.78, 5) is 19.3. The van der Waals surface area contributed by atoms with E-state index >= 15 is 0 Å². The van der Waals surface area contributed by atoms with Crippen LogP contribution in [0.15, 0.2) is 29.8 Å². The number of nitrogens with zero attached hydrogens (tertiary/aromatic N) is 4. The third kappa shape index (κ3) is 4.27. The van der Waals surface area contributed by atoms with Crippen molar-refractivity contribution in [1.82, 2.24) is 19.9 Å². The van der Waals surface area contributed by atoms with Crippen LogP contribution in [-0.2, 0) is 12.6 Å². The Balaban J connectivity index is 1.72. The van der Waals surface area contributed by atoms with Gasteiger partial charge in [0, 0.05) is 0 Å². The number of alkyl halides is 3. The predicted octanol–water partition coefficient (Wildman–Crippen LogP) is 1.94. The number of rotatable bonds is 5. The molecule has 0 bridgehead atoms. The summed E-state index contributed by atoms with van der Waals surface area (Å²) >= 11 is 1.11. The van der Waals surface area contributed by atoms with Crippen LogP contribution < -0.4 is 9.54 Å². The van der Waals surface area contributed by atoms with Gasteiger partial charge in [0.05, 0.1) is 0 Å². The first kappa shape index (κ1) is 20.6. The summed E-state index contributed by atoms with van der Waals surface area (Å²) in [5.74, 6) is -0.172. The van der Waals surface area contributed by atoms with Gasteiger partial charge in [-0.3, -0.25) is 0 Å². The molecule has 2 unspecified atom stereocenters. The molecular formula is C17H15BF3N5O3S.